The van der Waals surface area contributed by atoms with Gasteiger partial charge in [0.2, 0.25) is 5.91 Å². The first-order valence-corrected chi connectivity index (χ1v) is 11.3. The summed E-state index contributed by atoms with van der Waals surface area (Å²) in [5, 5.41) is 3.36. The molecule has 2 amide bonds. The van der Waals surface area contributed by atoms with Crippen molar-refractivity contribution in [2.75, 3.05) is 25.0 Å². The van der Waals surface area contributed by atoms with Gasteiger partial charge in [-0.3, -0.25) is 14.5 Å². The molecule has 1 saturated heterocycles. The Hall–Kier alpha value is -2.44. The Morgan fingerprint density at radius 1 is 1.16 bits per heavy atom. The Morgan fingerprint density at radius 2 is 1.84 bits per heavy atom. The van der Waals surface area contributed by atoms with Crippen molar-refractivity contribution < 1.29 is 9.59 Å². The predicted octanol–water partition coefficient (Wildman–Crippen LogP) is 4.46. The maximum atomic E-state index is 12.9. The van der Waals surface area contributed by atoms with E-state index in [1.54, 1.807) is 12.1 Å². The van der Waals surface area contributed by atoms with E-state index in [0.717, 1.165) is 13.1 Å². The van der Waals surface area contributed by atoms with Crippen molar-refractivity contribution in [3.63, 3.8) is 0 Å². The summed E-state index contributed by atoms with van der Waals surface area (Å²) in [5.41, 5.74) is 1.91. The number of likely N-dealkylation sites (tertiary alicyclic amines) is 1. The van der Waals surface area contributed by atoms with Gasteiger partial charge in [0.15, 0.2) is 0 Å². The van der Waals surface area contributed by atoms with Crippen LogP contribution in [0.25, 0.3) is 0 Å². The van der Waals surface area contributed by atoms with Crippen molar-refractivity contribution in [1.29, 1.82) is 0 Å². The number of hydrogen-bond acceptors (Lipinski definition) is 4. The van der Waals surface area contributed by atoms with Gasteiger partial charge >= 0.3 is 0 Å². The van der Waals surface area contributed by atoms with Crippen LogP contribution in [0.2, 0.25) is 5.02 Å². The summed E-state index contributed by atoms with van der Waals surface area (Å²) in [4.78, 5) is 33.7. The fraction of sp³-hybridized carbons (Fsp3) is 0.458. The average molecular weight is 443 g/mol. The van der Waals surface area contributed by atoms with Crippen LogP contribution in [-0.4, -0.2) is 52.3 Å². The molecule has 1 fully saturated rings. The molecule has 6 nitrogen and oxygen atoms in total. The molecule has 1 N–H and O–H groups in total. The second-order valence-electron chi connectivity index (χ2n) is 8.27. The van der Waals surface area contributed by atoms with Gasteiger partial charge in [-0.05, 0) is 63.1 Å². The number of pyridine rings is 1. The summed E-state index contributed by atoms with van der Waals surface area (Å²) < 4.78 is 0. The average Bonchev–Trinajstić information content (AvgIpc) is 2.78. The molecule has 0 unspecified atom stereocenters. The molecule has 2 heterocycles. The highest BCUT2D eigenvalue weighted by molar-refractivity contribution is 6.30. The number of carbonyl (C=O) groups excluding carboxylic acids is 2. The maximum Gasteiger partial charge on any atom is 0.253 e. The lowest BCUT2D eigenvalue weighted by atomic mass is 9.95. The zero-order chi connectivity index (χ0) is 22.4. The van der Waals surface area contributed by atoms with E-state index in [0.29, 0.717) is 48.4 Å². The fourth-order valence-electron chi connectivity index (χ4n) is 3.85. The van der Waals surface area contributed by atoms with E-state index < -0.39 is 0 Å². The molecular formula is C24H31ClN4O2. The third kappa shape index (κ3) is 6.28. The highest BCUT2D eigenvalue weighted by Crippen LogP contribution is 2.21. The number of piperidine rings is 1. The van der Waals surface area contributed by atoms with Crippen molar-refractivity contribution in [2.45, 2.75) is 46.2 Å². The van der Waals surface area contributed by atoms with Gasteiger partial charge in [0.25, 0.3) is 5.91 Å². The number of aromatic nitrogens is 1. The Morgan fingerprint density at radius 3 is 2.39 bits per heavy atom. The molecule has 1 aliphatic rings. The van der Waals surface area contributed by atoms with Gasteiger partial charge in [-0.1, -0.05) is 30.7 Å². The zero-order valence-corrected chi connectivity index (χ0v) is 19.2. The summed E-state index contributed by atoms with van der Waals surface area (Å²) in [6.07, 6.45) is 2.79. The van der Waals surface area contributed by atoms with Crippen LogP contribution in [0, 0.1) is 5.92 Å². The predicted molar refractivity (Wildman–Crippen MR) is 124 cm³/mol. The van der Waals surface area contributed by atoms with Crippen molar-refractivity contribution in [3.8, 4) is 0 Å². The van der Waals surface area contributed by atoms with Crippen LogP contribution in [0.5, 0.6) is 0 Å². The van der Waals surface area contributed by atoms with E-state index in [9.17, 15) is 9.59 Å². The maximum absolute atomic E-state index is 12.9. The largest absolute Gasteiger partial charge is 0.339 e. The van der Waals surface area contributed by atoms with Gasteiger partial charge in [-0.2, -0.15) is 0 Å². The zero-order valence-electron chi connectivity index (χ0n) is 18.5. The van der Waals surface area contributed by atoms with Crippen LogP contribution < -0.4 is 5.32 Å². The van der Waals surface area contributed by atoms with Gasteiger partial charge in [-0.15, -0.1) is 0 Å². The summed E-state index contributed by atoms with van der Waals surface area (Å²) in [6, 6.07) is 11.8. The third-order valence-corrected chi connectivity index (χ3v) is 6.08. The summed E-state index contributed by atoms with van der Waals surface area (Å²) >= 11 is 5.83. The second kappa shape index (κ2) is 10.7. The molecule has 1 aromatic heterocycles. The standard InChI is InChI=1S/C24H31ClN4O2/c1-4-28(17(2)3)16-18-5-7-20(8-6-18)24(31)29-13-11-19(12-14-29)23(30)27-22-10-9-21(25)15-26-22/h5-10,15,17,19H,4,11-14,16H2,1-3H3,(H,26,27,30). The molecule has 2 aromatic rings. The van der Waals surface area contributed by atoms with Gasteiger partial charge in [0.05, 0.1) is 5.02 Å². The monoisotopic (exact) mass is 442 g/mol. The number of anilines is 1. The number of rotatable bonds is 7. The van der Waals surface area contributed by atoms with E-state index in [1.165, 1.54) is 11.8 Å². The van der Waals surface area contributed by atoms with E-state index in [1.807, 2.05) is 29.2 Å². The molecule has 1 aromatic carbocycles. The topological polar surface area (TPSA) is 65.5 Å². The van der Waals surface area contributed by atoms with Crippen molar-refractivity contribution in [3.05, 3.63) is 58.7 Å². The van der Waals surface area contributed by atoms with Crippen LogP contribution in [0.15, 0.2) is 42.6 Å². The first-order chi connectivity index (χ1) is 14.9. The van der Waals surface area contributed by atoms with E-state index in [2.05, 4.69) is 36.0 Å². The Labute approximate surface area is 189 Å². The molecule has 0 spiro atoms. The van der Waals surface area contributed by atoms with E-state index in [-0.39, 0.29) is 17.7 Å². The summed E-state index contributed by atoms with van der Waals surface area (Å²) in [7, 11) is 0. The van der Waals surface area contributed by atoms with E-state index >= 15 is 0 Å². The molecule has 7 heteroatoms. The Balaban J connectivity index is 1.51. The van der Waals surface area contributed by atoms with Crippen LogP contribution in [0.1, 0.15) is 49.5 Å². The molecule has 1 aliphatic heterocycles. The van der Waals surface area contributed by atoms with Crippen LogP contribution in [-0.2, 0) is 11.3 Å². The molecule has 0 saturated carbocycles. The quantitative estimate of drug-likeness (QED) is 0.687. The Kier molecular flexibility index (Phi) is 8.04. The lowest BCUT2D eigenvalue weighted by Crippen LogP contribution is -2.41. The lowest BCUT2D eigenvalue weighted by Gasteiger charge is -2.31. The Bertz CT molecular complexity index is 875. The minimum absolute atomic E-state index is 0.0287. The van der Waals surface area contributed by atoms with Crippen LogP contribution >= 0.6 is 11.6 Å². The number of halogens is 1. The normalized spacial score (nSPS) is 14.8. The minimum Gasteiger partial charge on any atom is -0.339 e. The first kappa shape index (κ1) is 23.2. The molecule has 31 heavy (non-hydrogen) atoms. The van der Waals surface area contributed by atoms with Gasteiger partial charge in [0, 0.05) is 43.4 Å². The number of benzene rings is 1. The molecular weight excluding hydrogens is 412 g/mol. The van der Waals surface area contributed by atoms with Gasteiger partial charge < -0.3 is 10.2 Å². The molecule has 166 valence electrons. The highest BCUT2D eigenvalue weighted by Gasteiger charge is 2.28. The number of carbonyl (C=O) groups is 2. The van der Waals surface area contributed by atoms with Crippen LogP contribution in [0.4, 0.5) is 5.82 Å². The van der Waals surface area contributed by atoms with Crippen molar-refractivity contribution >= 4 is 29.2 Å². The second-order valence-corrected chi connectivity index (χ2v) is 8.71. The lowest BCUT2D eigenvalue weighted by molar-refractivity contribution is -0.121. The smallest absolute Gasteiger partial charge is 0.253 e. The summed E-state index contributed by atoms with van der Waals surface area (Å²) in [6.45, 7) is 9.57. The number of nitrogens with one attached hydrogen (secondary N) is 1. The number of amides is 2. The SMILES string of the molecule is CCN(Cc1ccc(C(=O)N2CCC(C(=O)Nc3ccc(Cl)cn3)CC2)cc1)C(C)C. The summed E-state index contributed by atoms with van der Waals surface area (Å²) in [5.74, 6) is 0.338. The molecule has 3 rings (SSSR count). The third-order valence-electron chi connectivity index (χ3n) is 5.85. The van der Waals surface area contributed by atoms with E-state index in [4.69, 9.17) is 11.6 Å². The number of hydrogen-bond donors (Lipinski definition) is 1. The highest BCUT2D eigenvalue weighted by atomic mass is 35.5. The number of nitrogens with zero attached hydrogens (tertiary/aromatic N) is 3. The van der Waals surface area contributed by atoms with Crippen molar-refractivity contribution in [2.24, 2.45) is 5.92 Å². The minimum atomic E-state index is -0.125. The fourth-order valence-corrected chi connectivity index (χ4v) is 3.96. The van der Waals surface area contributed by atoms with Gasteiger partial charge in [0.1, 0.15) is 5.82 Å². The van der Waals surface area contributed by atoms with Crippen LogP contribution in [0.3, 0.4) is 0 Å². The first-order valence-electron chi connectivity index (χ1n) is 10.9. The van der Waals surface area contributed by atoms with Crippen molar-refractivity contribution in [1.82, 2.24) is 14.8 Å². The molecule has 0 aliphatic carbocycles. The molecule has 0 atom stereocenters. The molecule has 0 radical (unpaired) electrons. The molecule has 0 bridgehead atoms. The van der Waals surface area contributed by atoms with Gasteiger partial charge in [-0.25, -0.2) is 4.98 Å².